The lowest BCUT2D eigenvalue weighted by molar-refractivity contribution is 0.564. The van der Waals surface area contributed by atoms with Gasteiger partial charge in [0, 0.05) is 24.8 Å². The SMILES string of the molecule is CCCCN(CC(NC)c1ccccc1)c1ccccc1. The Kier molecular flexibility index (Phi) is 6.29. The molecule has 0 aliphatic carbocycles. The van der Waals surface area contributed by atoms with Gasteiger partial charge in [0.15, 0.2) is 0 Å². The van der Waals surface area contributed by atoms with E-state index in [2.05, 4.69) is 77.8 Å². The lowest BCUT2D eigenvalue weighted by Gasteiger charge is -2.29. The number of nitrogens with one attached hydrogen (secondary N) is 1. The van der Waals surface area contributed by atoms with E-state index in [1.807, 2.05) is 7.05 Å². The summed E-state index contributed by atoms with van der Waals surface area (Å²) in [6, 6.07) is 21.8. The van der Waals surface area contributed by atoms with E-state index in [1.54, 1.807) is 0 Å². The fraction of sp³-hybridized carbons (Fsp3) is 0.368. The first kappa shape index (κ1) is 15.6. The minimum atomic E-state index is 0.350. The minimum Gasteiger partial charge on any atom is -0.370 e. The van der Waals surface area contributed by atoms with Crippen molar-refractivity contribution in [1.82, 2.24) is 5.32 Å². The summed E-state index contributed by atoms with van der Waals surface area (Å²) in [5.41, 5.74) is 2.65. The highest BCUT2D eigenvalue weighted by Gasteiger charge is 2.14. The van der Waals surface area contributed by atoms with Gasteiger partial charge in [-0.1, -0.05) is 61.9 Å². The van der Waals surface area contributed by atoms with Gasteiger partial charge < -0.3 is 10.2 Å². The Balaban J connectivity index is 2.13. The molecule has 2 aromatic carbocycles. The summed E-state index contributed by atoms with van der Waals surface area (Å²) in [4.78, 5) is 2.48. The van der Waals surface area contributed by atoms with Gasteiger partial charge in [-0.05, 0) is 31.2 Å². The van der Waals surface area contributed by atoms with Crippen molar-refractivity contribution in [3.8, 4) is 0 Å². The molecule has 0 heterocycles. The number of para-hydroxylation sites is 1. The van der Waals surface area contributed by atoms with E-state index >= 15 is 0 Å². The maximum absolute atomic E-state index is 3.45. The van der Waals surface area contributed by atoms with Gasteiger partial charge in [0.2, 0.25) is 0 Å². The van der Waals surface area contributed by atoms with Crippen LogP contribution in [0, 0.1) is 0 Å². The molecule has 1 unspecified atom stereocenters. The first-order chi connectivity index (χ1) is 10.3. The first-order valence-electron chi connectivity index (χ1n) is 7.87. The second-order valence-electron chi connectivity index (χ2n) is 5.39. The summed E-state index contributed by atoms with van der Waals surface area (Å²) in [6.45, 7) is 4.34. The molecule has 1 N–H and O–H groups in total. The van der Waals surface area contributed by atoms with Crippen molar-refractivity contribution < 1.29 is 0 Å². The zero-order valence-corrected chi connectivity index (χ0v) is 13.1. The molecule has 112 valence electrons. The normalized spacial score (nSPS) is 12.1. The summed E-state index contributed by atoms with van der Waals surface area (Å²) in [5, 5.41) is 3.45. The van der Waals surface area contributed by atoms with Gasteiger partial charge in [-0.25, -0.2) is 0 Å². The van der Waals surface area contributed by atoms with Crippen molar-refractivity contribution >= 4 is 5.69 Å². The van der Waals surface area contributed by atoms with Crippen LogP contribution in [0.2, 0.25) is 0 Å². The molecular weight excluding hydrogens is 256 g/mol. The number of rotatable bonds is 8. The Morgan fingerprint density at radius 2 is 1.57 bits per heavy atom. The maximum atomic E-state index is 3.45. The highest BCUT2D eigenvalue weighted by molar-refractivity contribution is 5.46. The summed E-state index contributed by atoms with van der Waals surface area (Å²) in [7, 11) is 2.04. The fourth-order valence-corrected chi connectivity index (χ4v) is 2.58. The highest BCUT2D eigenvalue weighted by atomic mass is 15.1. The van der Waals surface area contributed by atoms with Crippen molar-refractivity contribution in [2.24, 2.45) is 0 Å². The van der Waals surface area contributed by atoms with Crippen molar-refractivity contribution in [1.29, 1.82) is 0 Å². The van der Waals surface area contributed by atoms with Gasteiger partial charge >= 0.3 is 0 Å². The van der Waals surface area contributed by atoms with E-state index in [0.717, 1.165) is 13.1 Å². The molecule has 2 rings (SSSR count). The topological polar surface area (TPSA) is 15.3 Å². The number of anilines is 1. The first-order valence-corrected chi connectivity index (χ1v) is 7.87. The van der Waals surface area contributed by atoms with Crippen LogP contribution in [-0.2, 0) is 0 Å². The molecule has 0 spiro atoms. The Morgan fingerprint density at radius 3 is 2.14 bits per heavy atom. The molecule has 21 heavy (non-hydrogen) atoms. The van der Waals surface area contributed by atoms with Crippen molar-refractivity contribution in [2.75, 3.05) is 25.0 Å². The highest BCUT2D eigenvalue weighted by Crippen LogP contribution is 2.20. The summed E-state index contributed by atoms with van der Waals surface area (Å²) in [5.74, 6) is 0. The van der Waals surface area contributed by atoms with Gasteiger partial charge in [-0.2, -0.15) is 0 Å². The zero-order chi connectivity index (χ0) is 14.9. The number of unbranched alkanes of at least 4 members (excludes halogenated alkanes) is 1. The third-order valence-corrected chi connectivity index (χ3v) is 3.86. The monoisotopic (exact) mass is 282 g/mol. The van der Waals surface area contributed by atoms with Crippen LogP contribution >= 0.6 is 0 Å². The second-order valence-corrected chi connectivity index (χ2v) is 5.39. The van der Waals surface area contributed by atoms with E-state index in [1.165, 1.54) is 24.1 Å². The van der Waals surface area contributed by atoms with E-state index in [9.17, 15) is 0 Å². The smallest absolute Gasteiger partial charge is 0.0495 e. The van der Waals surface area contributed by atoms with Gasteiger partial charge in [0.25, 0.3) is 0 Å². The number of benzene rings is 2. The van der Waals surface area contributed by atoms with Gasteiger partial charge in [0.05, 0.1) is 0 Å². The van der Waals surface area contributed by atoms with Crippen molar-refractivity contribution in [3.05, 3.63) is 66.2 Å². The Morgan fingerprint density at radius 1 is 0.952 bits per heavy atom. The number of hydrogen-bond donors (Lipinski definition) is 1. The molecule has 0 aliphatic rings. The molecule has 1 atom stereocenters. The van der Waals surface area contributed by atoms with Crippen LogP contribution in [0.3, 0.4) is 0 Å². The summed E-state index contributed by atoms with van der Waals surface area (Å²) in [6.07, 6.45) is 2.44. The van der Waals surface area contributed by atoms with Crippen LogP contribution in [0.25, 0.3) is 0 Å². The maximum Gasteiger partial charge on any atom is 0.0495 e. The predicted octanol–water partition coefficient (Wildman–Crippen LogP) is 4.25. The molecule has 0 aliphatic heterocycles. The van der Waals surface area contributed by atoms with Crippen LogP contribution < -0.4 is 10.2 Å². The molecule has 0 saturated carbocycles. The average molecular weight is 282 g/mol. The molecular formula is C19H26N2. The fourth-order valence-electron chi connectivity index (χ4n) is 2.58. The average Bonchev–Trinajstić information content (AvgIpc) is 2.57. The largest absolute Gasteiger partial charge is 0.370 e. The van der Waals surface area contributed by atoms with Gasteiger partial charge in [-0.3, -0.25) is 0 Å². The Labute approximate surface area is 128 Å². The number of hydrogen-bond acceptors (Lipinski definition) is 2. The van der Waals surface area contributed by atoms with Crippen LogP contribution in [0.5, 0.6) is 0 Å². The van der Waals surface area contributed by atoms with E-state index < -0.39 is 0 Å². The van der Waals surface area contributed by atoms with Crippen LogP contribution in [-0.4, -0.2) is 20.1 Å². The van der Waals surface area contributed by atoms with Crippen molar-refractivity contribution in [3.63, 3.8) is 0 Å². The molecule has 2 heteroatoms. The van der Waals surface area contributed by atoms with E-state index in [4.69, 9.17) is 0 Å². The lowest BCUT2D eigenvalue weighted by atomic mass is 10.1. The Hall–Kier alpha value is -1.80. The molecule has 0 fully saturated rings. The molecule has 0 radical (unpaired) electrons. The predicted molar refractivity (Wildman–Crippen MR) is 91.8 cm³/mol. The third kappa shape index (κ3) is 4.61. The van der Waals surface area contributed by atoms with Gasteiger partial charge in [-0.15, -0.1) is 0 Å². The van der Waals surface area contributed by atoms with E-state index in [0.29, 0.717) is 6.04 Å². The third-order valence-electron chi connectivity index (χ3n) is 3.86. The van der Waals surface area contributed by atoms with E-state index in [-0.39, 0.29) is 0 Å². The zero-order valence-electron chi connectivity index (χ0n) is 13.1. The van der Waals surface area contributed by atoms with Crippen LogP contribution in [0.4, 0.5) is 5.69 Å². The van der Waals surface area contributed by atoms with Gasteiger partial charge in [0.1, 0.15) is 0 Å². The molecule has 0 aromatic heterocycles. The summed E-state index contributed by atoms with van der Waals surface area (Å²) < 4.78 is 0. The minimum absolute atomic E-state index is 0.350. The second kappa shape index (κ2) is 8.48. The molecule has 2 nitrogen and oxygen atoms in total. The number of nitrogens with zero attached hydrogens (tertiary/aromatic N) is 1. The molecule has 2 aromatic rings. The molecule has 0 amide bonds. The molecule has 0 bridgehead atoms. The van der Waals surface area contributed by atoms with Crippen LogP contribution in [0.15, 0.2) is 60.7 Å². The quantitative estimate of drug-likeness (QED) is 0.778. The standard InChI is InChI=1S/C19H26N2/c1-3-4-15-21(18-13-9-6-10-14-18)16-19(20-2)17-11-7-5-8-12-17/h5-14,19-20H,3-4,15-16H2,1-2H3. The lowest BCUT2D eigenvalue weighted by Crippen LogP contribution is -2.34. The number of likely N-dealkylation sites (N-methyl/N-ethyl adjacent to an activating group) is 1. The molecule has 0 saturated heterocycles. The summed E-state index contributed by atoms with van der Waals surface area (Å²) >= 11 is 0. The van der Waals surface area contributed by atoms with Crippen LogP contribution in [0.1, 0.15) is 31.4 Å². The van der Waals surface area contributed by atoms with Crippen molar-refractivity contribution in [2.45, 2.75) is 25.8 Å². The Bertz CT molecular complexity index is 495.